The van der Waals surface area contributed by atoms with E-state index in [1.807, 2.05) is 37.3 Å². The summed E-state index contributed by atoms with van der Waals surface area (Å²) in [5, 5.41) is 6.85. The minimum Gasteiger partial charge on any atom is -0.335 e. The highest BCUT2D eigenvalue weighted by Crippen LogP contribution is 2.29. The maximum absolute atomic E-state index is 12.4. The molecule has 2 aromatic rings. The van der Waals surface area contributed by atoms with Crippen LogP contribution in [-0.4, -0.2) is 33.0 Å². The molecule has 1 N–H and O–H groups in total. The Morgan fingerprint density at radius 3 is 2.70 bits per heavy atom. The van der Waals surface area contributed by atoms with E-state index in [0.717, 1.165) is 5.56 Å². The number of amides is 2. The van der Waals surface area contributed by atoms with Crippen molar-refractivity contribution < 1.29 is 9.59 Å². The van der Waals surface area contributed by atoms with Crippen LogP contribution in [0, 0.1) is 5.92 Å². The predicted octanol–water partition coefficient (Wildman–Crippen LogP) is 1.97. The molecule has 0 radical (unpaired) electrons. The summed E-state index contributed by atoms with van der Waals surface area (Å²) >= 11 is 0. The second-order valence-electron chi connectivity index (χ2n) is 5.86. The Bertz CT molecular complexity index is 710. The Kier molecular flexibility index (Phi) is 4.14. The highest BCUT2D eigenvalue weighted by molar-refractivity contribution is 5.96. The molecule has 23 heavy (non-hydrogen) atoms. The lowest BCUT2D eigenvalue weighted by atomic mass is 10.1. The fraction of sp³-hybridized carbons (Fsp3) is 0.353. The average Bonchev–Trinajstić information content (AvgIpc) is 3.14. The molecule has 0 aliphatic carbocycles. The van der Waals surface area contributed by atoms with Crippen LogP contribution in [0.2, 0.25) is 0 Å². The van der Waals surface area contributed by atoms with Crippen LogP contribution in [0.5, 0.6) is 0 Å². The van der Waals surface area contributed by atoms with Crippen LogP contribution < -0.4 is 5.32 Å². The maximum Gasteiger partial charge on any atom is 0.230 e. The van der Waals surface area contributed by atoms with E-state index in [1.165, 1.54) is 0 Å². The predicted molar refractivity (Wildman–Crippen MR) is 86.5 cm³/mol. The smallest absolute Gasteiger partial charge is 0.230 e. The van der Waals surface area contributed by atoms with Crippen LogP contribution >= 0.6 is 0 Å². The van der Waals surface area contributed by atoms with Gasteiger partial charge in [0.25, 0.3) is 0 Å². The van der Waals surface area contributed by atoms with Gasteiger partial charge in [-0.2, -0.15) is 5.10 Å². The second kappa shape index (κ2) is 6.24. The molecule has 3 rings (SSSR count). The molecule has 1 aliphatic heterocycles. The topological polar surface area (TPSA) is 67.2 Å². The van der Waals surface area contributed by atoms with Crippen molar-refractivity contribution in [3.63, 3.8) is 0 Å². The number of aryl methyl sites for hydroxylation is 1. The van der Waals surface area contributed by atoms with E-state index in [0.29, 0.717) is 12.4 Å². The molecule has 120 valence electrons. The number of carbonyl (C=O) groups excluding carboxylic acids is 2. The minimum absolute atomic E-state index is 0.0199. The van der Waals surface area contributed by atoms with Crippen LogP contribution in [0.3, 0.4) is 0 Å². The van der Waals surface area contributed by atoms with Gasteiger partial charge >= 0.3 is 0 Å². The average molecular weight is 312 g/mol. The number of nitrogens with zero attached hydrogens (tertiary/aromatic N) is 3. The summed E-state index contributed by atoms with van der Waals surface area (Å²) in [4.78, 5) is 26.5. The first-order valence-corrected chi connectivity index (χ1v) is 7.69. The van der Waals surface area contributed by atoms with Crippen molar-refractivity contribution in [3.05, 3.63) is 48.2 Å². The standard InChI is InChI=1S/C17H20N4O2/c1-12(13-6-4-3-5-7-13)21-11-14(10-16(21)22)17(23)19-15-8-9-18-20(15)2/h3-9,12,14H,10-11H2,1-2H3,(H,19,23). The fourth-order valence-electron chi connectivity index (χ4n) is 2.92. The largest absolute Gasteiger partial charge is 0.335 e. The molecule has 2 amide bonds. The lowest BCUT2D eigenvalue weighted by molar-refractivity contribution is -0.129. The van der Waals surface area contributed by atoms with E-state index < -0.39 is 0 Å². The first-order valence-electron chi connectivity index (χ1n) is 7.69. The Hall–Kier alpha value is -2.63. The lowest BCUT2D eigenvalue weighted by Gasteiger charge is -2.25. The van der Waals surface area contributed by atoms with Gasteiger partial charge in [-0.15, -0.1) is 0 Å². The number of likely N-dealkylation sites (tertiary alicyclic amines) is 1. The van der Waals surface area contributed by atoms with Crippen molar-refractivity contribution in [2.45, 2.75) is 19.4 Å². The van der Waals surface area contributed by atoms with Crippen molar-refractivity contribution >= 4 is 17.6 Å². The van der Waals surface area contributed by atoms with E-state index in [2.05, 4.69) is 10.4 Å². The third kappa shape index (κ3) is 3.11. The molecule has 0 saturated carbocycles. The number of anilines is 1. The molecule has 2 heterocycles. The number of aromatic nitrogens is 2. The van der Waals surface area contributed by atoms with Gasteiger partial charge in [0.05, 0.1) is 18.2 Å². The van der Waals surface area contributed by atoms with Gasteiger partial charge in [0, 0.05) is 26.1 Å². The molecule has 1 aliphatic rings. The van der Waals surface area contributed by atoms with Crippen molar-refractivity contribution in [3.8, 4) is 0 Å². The SMILES string of the molecule is CC(c1ccccc1)N1CC(C(=O)Nc2ccnn2C)CC1=O. The van der Waals surface area contributed by atoms with E-state index in [4.69, 9.17) is 0 Å². The fourth-order valence-corrected chi connectivity index (χ4v) is 2.92. The summed E-state index contributed by atoms with van der Waals surface area (Å²) in [5.74, 6) is 0.191. The van der Waals surface area contributed by atoms with Crippen molar-refractivity contribution in [1.82, 2.24) is 14.7 Å². The highest BCUT2D eigenvalue weighted by Gasteiger charge is 2.37. The van der Waals surface area contributed by atoms with E-state index in [-0.39, 0.29) is 30.2 Å². The van der Waals surface area contributed by atoms with Gasteiger partial charge in [-0.05, 0) is 12.5 Å². The lowest BCUT2D eigenvalue weighted by Crippen LogP contribution is -2.30. The molecule has 1 aromatic heterocycles. The van der Waals surface area contributed by atoms with Crippen molar-refractivity contribution in [2.75, 3.05) is 11.9 Å². The molecular formula is C17H20N4O2. The zero-order chi connectivity index (χ0) is 16.4. The first kappa shape index (κ1) is 15.3. The van der Waals surface area contributed by atoms with Gasteiger partial charge in [0.15, 0.2) is 0 Å². The molecular weight excluding hydrogens is 292 g/mol. The number of nitrogens with one attached hydrogen (secondary N) is 1. The number of carbonyl (C=O) groups is 2. The number of hydrogen-bond acceptors (Lipinski definition) is 3. The third-order valence-corrected chi connectivity index (χ3v) is 4.35. The Balaban J connectivity index is 1.67. The van der Waals surface area contributed by atoms with Crippen LogP contribution in [-0.2, 0) is 16.6 Å². The Morgan fingerprint density at radius 1 is 1.30 bits per heavy atom. The summed E-state index contributed by atoms with van der Waals surface area (Å²) in [6.45, 7) is 2.44. The summed E-state index contributed by atoms with van der Waals surface area (Å²) in [7, 11) is 1.76. The van der Waals surface area contributed by atoms with Gasteiger partial charge in [-0.1, -0.05) is 30.3 Å². The molecule has 1 aromatic carbocycles. The molecule has 0 bridgehead atoms. The molecule has 1 fully saturated rings. The Labute approximate surface area is 135 Å². The summed E-state index contributed by atoms with van der Waals surface area (Å²) in [5.41, 5.74) is 1.08. The number of benzene rings is 1. The summed E-state index contributed by atoms with van der Waals surface area (Å²) in [6, 6.07) is 11.6. The molecule has 2 unspecified atom stereocenters. The molecule has 6 nitrogen and oxygen atoms in total. The number of hydrogen-bond donors (Lipinski definition) is 1. The summed E-state index contributed by atoms with van der Waals surface area (Å²) < 4.78 is 1.60. The van der Waals surface area contributed by atoms with Crippen LogP contribution in [0.1, 0.15) is 24.9 Å². The highest BCUT2D eigenvalue weighted by atomic mass is 16.2. The van der Waals surface area contributed by atoms with Gasteiger partial charge in [-0.25, -0.2) is 0 Å². The maximum atomic E-state index is 12.4. The molecule has 2 atom stereocenters. The minimum atomic E-state index is -0.330. The van der Waals surface area contributed by atoms with Gasteiger partial charge in [-0.3, -0.25) is 14.3 Å². The molecule has 6 heteroatoms. The number of rotatable bonds is 4. The zero-order valence-corrected chi connectivity index (χ0v) is 13.3. The van der Waals surface area contributed by atoms with E-state index in [1.54, 1.807) is 28.9 Å². The van der Waals surface area contributed by atoms with Crippen LogP contribution in [0.15, 0.2) is 42.6 Å². The van der Waals surface area contributed by atoms with E-state index in [9.17, 15) is 9.59 Å². The molecule has 0 spiro atoms. The monoisotopic (exact) mass is 312 g/mol. The van der Waals surface area contributed by atoms with Crippen LogP contribution in [0.25, 0.3) is 0 Å². The Morgan fingerprint density at radius 2 is 2.04 bits per heavy atom. The van der Waals surface area contributed by atoms with E-state index >= 15 is 0 Å². The third-order valence-electron chi connectivity index (χ3n) is 4.35. The van der Waals surface area contributed by atoms with Crippen molar-refractivity contribution in [2.24, 2.45) is 13.0 Å². The quantitative estimate of drug-likeness (QED) is 0.938. The molecule has 1 saturated heterocycles. The zero-order valence-electron chi connectivity index (χ0n) is 13.3. The van der Waals surface area contributed by atoms with Gasteiger partial charge < -0.3 is 10.2 Å². The second-order valence-corrected chi connectivity index (χ2v) is 5.86. The normalized spacial score (nSPS) is 19.0. The first-order chi connectivity index (χ1) is 11.1. The van der Waals surface area contributed by atoms with Gasteiger partial charge in [0.1, 0.15) is 5.82 Å². The van der Waals surface area contributed by atoms with Crippen molar-refractivity contribution in [1.29, 1.82) is 0 Å². The van der Waals surface area contributed by atoms with Gasteiger partial charge in [0.2, 0.25) is 11.8 Å². The summed E-state index contributed by atoms with van der Waals surface area (Å²) in [6.07, 6.45) is 1.88. The van der Waals surface area contributed by atoms with Crippen LogP contribution in [0.4, 0.5) is 5.82 Å².